The summed E-state index contributed by atoms with van der Waals surface area (Å²) in [5, 5.41) is 14.1. The van der Waals surface area contributed by atoms with Crippen LogP contribution in [0, 0.1) is 0 Å². The number of hydrogen-bond acceptors (Lipinski definition) is 8. The number of carbonyl (C=O) groups is 1. The highest BCUT2D eigenvalue weighted by molar-refractivity contribution is 7.17. The predicted octanol–water partition coefficient (Wildman–Crippen LogP) is 4.22. The van der Waals surface area contributed by atoms with Gasteiger partial charge in [-0.1, -0.05) is 0 Å². The first kappa shape index (κ1) is 21.5. The number of benzene rings is 1. The third-order valence-electron chi connectivity index (χ3n) is 6.06. The van der Waals surface area contributed by atoms with Gasteiger partial charge >= 0.3 is 0 Å². The fraction of sp³-hybridized carbons (Fsp3) is 0.240. The van der Waals surface area contributed by atoms with Crippen molar-refractivity contribution in [2.45, 2.75) is 19.4 Å². The Bertz CT molecular complexity index is 1540. The maximum atomic E-state index is 12.7. The molecule has 0 N–H and O–H groups in total. The van der Waals surface area contributed by atoms with E-state index in [0.29, 0.717) is 17.2 Å². The van der Waals surface area contributed by atoms with Gasteiger partial charge in [0, 0.05) is 30.7 Å². The number of amides is 1. The van der Waals surface area contributed by atoms with Crippen LogP contribution in [0.5, 0.6) is 11.5 Å². The Morgan fingerprint density at radius 1 is 1.06 bits per heavy atom. The van der Waals surface area contributed by atoms with Gasteiger partial charge in [0.2, 0.25) is 0 Å². The molecule has 9 nitrogen and oxygen atoms in total. The summed E-state index contributed by atoms with van der Waals surface area (Å²) in [6.45, 7) is 1.85. The summed E-state index contributed by atoms with van der Waals surface area (Å²) in [6.07, 6.45) is 3.85. The second-order valence-corrected chi connectivity index (χ2v) is 9.33. The minimum absolute atomic E-state index is 0.0976. The van der Waals surface area contributed by atoms with E-state index in [2.05, 4.69) is 15.2 Å². The maximum absolute atomic E-state index is 12.7. The Morgan fingerprint density at radius 2 is 1.94 bits per heavy atom. The molecule has 35 heavy (non-hydrogen) atoms. The van der Waals surface area contributed by atoms with Crippen LogP contribution in [0.2, 0.25) is 0 Å². The molecule has 176 valence electrons. The molecule has 0 saturated carbocycles. The van der Waals surface area contributed by atoms with Crippen molar-refractivity contribution >= 4 is 33.8 Å². The minimum atomic E-state index is 0.0976. The first-order valence-electron chi connectivity index (χ1n) is 11.4. The molecule has 0 spiro atoms. The summed E-state index contributed by atoms with van der Waals surface area (Å²) < 4.78 is 13.1. The van der Waals surface area contributed by atoms with Crippen molar-refractivity contribution in [3.8, 4) is 22.1 Å². The number of hydrogen-bond donors (Lipinski definition) is 0. The zero-order chi connectivity index (χ0) is 23.8. The fourth-order valence-electron chi connectivity index (χ4n) is 4.22. The molecule has 5 aromatic rings. The van der Waals surface area contributed by atoms with Gasteiger partial charge in [-0.3, -0.25) is 9.78 Å². The third kappa shape index (κ3) is 4.06. The predicted molar refractivity (Wildman–Crippen MR) is 132 cm³/mol. The average molecular weight is 487 g/mol. The summed E-state index contributed by atoms with van der Waals surface area (Å²) in [7, 11) is 1.63. The highest BCUT2D eigenvalue weighted by Crippen LogP contribution is 2.29. The molecule has 1 saturated heterocycles. The van der Waals surface area contributed by atoms with Crippen LogP contribution in [0.15, 0.2) is 54.7 Å². The third-order valence-corrected chi connectivity index (χ3v) is 7.15. The van der Waals surface area contributed by atoms with Crippen molar-refractivity contribution in [2.75, 3.05) is 20.2 Å². The van der Waals surface area contributed by atoms with E-state index in [-0.39, 0.29) is 12.5 Å². The van der Waals surface area contributed by atoms with E-state index in [9.17, 15) is 4.79 Å². The number of pyridine rings is 1. The number of ether oxygens (including phenoxy) is 2. The lowest BCUT2D eigenvalue weighted by molar-refractivity contribution is 0.0797. The van der Waals surface area contributed by atoms with Crippen LogP contribution in [0.25, 0.3) is 27.1 Å². The molecule has 0 bridgehead atoms. The number of nitrogens with zero attached hydrogens (tertiary/aromatic N) is 6. The van der Waals surface area contributed by atoms with Crippen LogP contribution in [0.1, 0.15) is 28.3 Å². The van der Waals surface area contributed by atoms with Gasteiger partial charge in [-0.05, 0) is 55.3 Å². The van der Waals surface area contributed by atoms with Crippen molar-refractivity contribution in [3.63, 3.8) is 0 Å². The zero-order valence-electron chi connectivity index (χ0n) is 19.0. The van der Waals surface area contributed by atoms with Gasteiger partial charge < -0.3 is 14.4 Å². The lowest BCUT2D eigenvalue weighted by Crippen LogP contribution is -2.26. The van der Waals surface area contributed by atoms with Gasteiger partial charge in [-0.2, -0.15) is 9.61 Å². The van der Waals surface area contributed by atoms with Gasteiger partial charge in [-0.25, -0.2) is 0 Å². The zero-order valence-corrected chi connectivity index (χ0v) is 19.9. The number of aromatic nitrogens is 5. The second kappa shape index (κ2) is 8.95. The lowest BCUT2D eigenvalue weighted by atomic mass is 10.2. The standard InChI is InChI=1S/C25H22N6O3S/c1-33-16-4-5-17-19(14-16)26-11-10-20(17)34-15-24-28-27-23-9-6-18(29-31(23)24)21-7-8-22(35-21)25(32)30-12-2-3-13-30/h4-11,14H,2-3,12-13,15H2,1H3. The largest absolute Gasteiger partial charge is 0.497 e. The molecule has 10 heteroatoms. The summed E-state index contributed by atoms with van der Waals surface area (Å²) in [5.41, 5.74) is 2.16. The molecule has 6 rings (SSSR count). The normalized spacial score (nSPS) is 13.6. The van der Waals surface area contributed by atoms with Crippen LogP contribution < -0.4 is 9.47 Å². The van der Waals surface area contributed by atoms with E-state index in [4.69, 9.17) is 14.6 Å². The highest BCUT2D eigenvalue weighted by Gasteiger charge is 2.21. The van der Waals surface area contributed by atoms with Crippen LogP contribution in [0.3, 0.4) is 0 Å². The molecule has 1 amide bonds. The van der Waals surface area contributed by atoms with Crippen LogP contribution in [0.4, 0.5) is 0 Å². The molecule has 1 aromatic carbocycles. The van der Waals surface area contributed by atoms with Crippen molar-refractivity contribution in [3.05, 3.63) is 65.4 Å². The van der Waals surface area contributed by atoms with Gasteiger partial charge in [0.05, 0.1) is 22.4 Å². The first-order valence-corrected chi connectivity index (χ1v) is 12.2. The quantitative estimate of drug-likeness (QED) is 0.355. The molecule has 5 heterocycles. The Morgan fingerprint density at radius 3 is 2.80 bits per heavy atom. The van der Waals surface area contributed by atoms with Crippen molar-refractivity contribution < 1.29 is 14.3 Å². The molecular weight excluding hydrogens is 464 g/mol. The SMILES string of the molecule is COc1ccc2c(OCc3nnc4ccc(-c5ccc(C(=O)N6CCCC6)s5)nn34)ccnc2c1. The Kier molecular flexibility index (Phi) is 5.49. The fourth-order valence-corrected chi connectivity index (χ4v) is 5.16. The Labute approximate surface area is 204 Å². The van der Waals surface area contributed by atoms with E-state index in [0.717, 1.165) is 58.0 Å². The van der Waals surface area contributed by atoms with E-state index in [1.54, 1.807) is 17.8 Å². The van der Waals surface area contributed by atoms with Crippen LogP contribution in [-0.4, -0.2) is 55.8 Å². The number of fused-ring (bicyclic) bond motifs is 2. The maximum Gasteiger partial charge on any atom is 0.263 e. The van der Waals surface area contributed by atoms with Gasteiger partial charge in [-0.15, -0.1) is 21.5 Å². The van der Waals surface area contributed by atoms with E-state index in [1.807, 2.05) is 53.4 Å². The highest BCUT2D eigenvalue weighted by atomic mass is 32.1. The van der Waals surface area contributed by atoms with E-state index >= 15 is 0 Å². The number of thiophene rings is 1. The topological polar surface area (TPSA) is 94.7 Å². The molecule has 1 aliphatic rings. The molecule has 0 radical (unpaired) electrons. The smallest absolute Gasteiger partial charge is 0.263 e. The second-order valence-electron chi connectivity index (χ2n) is 8.25. The van der Waals surface area contributed by atoms with Crippen molar-refractivity contribution in [2.24, 2.45) is 0 Å². The molecular formula is C25H22N6O3S. The number of methoxy groups -OCH3 is 1. The van der Waals surface area contributed by atoms with E-state index < -0.39 is 0 Å². The summed E-state index contributed by atoms with van der Waals surface area (Å²) in [4.78, 5) is 20.7. The van der Waals surface area contributed by atoms with Gasteiger partial charge in [0.1, 0.15) is 23.8 Å². The molecule has 0 atom stereocenters. The van der Waals surface area contributed by atoms with Gasteiger partial charge in [0.25, 0.3) is 5.91 Å². The molecule has 0 aliphatic carbocycles. The lowest BCUT2D eigenvalue weighted by Gasteiger charge is -2.13. The minimum Gasteiger partial charge on any atom is -0.497 e. The van der Waals surface area contributed by atoms with Crippen molar-refractivity contribution in [1.29, 1.82) is 0 Å². The number of rotatable bonds is 6. The van der Waals surface area contributed by atoms with Crippen LogP contribution in [-0.2, 0) is 6.61 Å². The van der Waals surface area contributed by atoms with E-state index in [1.165, 1.54) is 11.3 Å². The summed E-state index contributed by atoms with van der Waals surface area (Å²) >= 11 is 1.46. The molecule has 1 fully saturated rings. The van der Waals surface area contributed by atoms with Gasteiger partial charge in [0.15, 0.2) is 11.5 Å². The van der Waals surface area contributed by atoms with Crippen molar-refractivity contribution in [1.82, 2.24) is 29.7 Å². The Balaban J connectivity index is 1.25. The molecule has 0 unspecified atom stereocenters. The Hall–Kier alpha value is -4.05. The first-order chi connectivity index (χ1) is 17.2. The number of likely N-dealkylation sites (tertiary alicyclic amines) is 1. The van der Waals surface area contributed by atoms with Crippen LogP contribution >= 0.6 is 11.3 Å². The summed E-state index contributed by atoms with van der Waals surface area (Å²) in [6, 6.07) is 15.1. The molecule has 4 aromatic heterocycles. The molecule has 1 aliphatic heterocycles. The summed E-state index contributed by atoms with van der Waals surface area (Å²) in [5.74, 6) is 2.10. The average Bonchev–Trinajstić information content (AvgIpc) is 3.67. The number of carbonyl (C=O) groups excluding carboxylic acids is 1. The monoisotopic (exact) mass is 486 g/mol.